The van der Waals surface area contributed by atoms with Gasteiger partial charge in [-0.05, 0) is 12.8 Å². The predicted octanol–water partition coefficient (Wildman–Crippen LogP) is 1.72. The van der Waals surface area contributed by atoms with Gasteiger partial charge < -0.3 is 10.4 Å². The maximum atomic E-state index is 12.9. The van der Waals surface area contributed by atoms with E-state index in [1.165, 1.54) is 18.8 Å². The summed E-state index contributed by atoms with van der Waals surface area (Å²) in [5.41, 5.74) is -0.334. The van der Waals surface area contributed by atoms with E-state index in [0.29, 0.717) is 5.82 Å². The number of nitrogens with one attached hydrogen (secondary N) is 1. The number of anilines is 1. The molecule has 5 heteroatoms. The third kappa shape index (κ3) is 2.47. The maximum Gasteiger partial charge on any atom is 0.217 e. The van der Waals surface area contributed by atoms with Gasteiger partial charge in [-0.25, -0.2) is 9.97 Å². The van der Waals surface area contributed by atoms with E-state index in [4.69, 9.17) is 0 Å². The first-order valence-electron chi connectivity index (χ1n) is 5.61. The van der Waals surface area contributed by atoms with Crippen LogP contribution in [-0.2, 0) is 0 Å². The minimum atomic E-state index is -0.554. The van der Waals surface area contributed by atoms with Crippen LogP contribution >= 0.6 is 0 Å². The van der Waals surface area contributed by atoms with Gasteiger partial charge in [0.05, 0.1) is 12.1 Å². The Bertz CT molecular complexity index is 353. The highest BCUT2D eigenvalue weighted by Gasteiger charge is 2.31. The summed E-state index contributed by atoms with van der Waals surface area (Å²) in [5.74, 6) is -0.107. The lowest BCUT2D eigenvalue weighted by Crippen LogP contribution is -2.44. The Balaban J connectivity index is 2.11. The summed E-state index contributed by atoms with van der Waals surface area (Å²) in [7, 11) is 0. The van der Waals surface area contributed by atoms with Crippen molar-refractivity contribution in [2.24, 2.45) is 0 Å². The highest BCUT2D eigenvalue weighted by molar-refractivity contribution is 5.36. The molecular formula is C11H16FN3O. The molecule has 0 amide bonds. The zero-order valence-corrected chi connectivity index (χ0v) is 9.12. The molecule has 1 heterocycles. The first-order valence-corrected chi connectivity index (χ1v) is 5.61. The summed E-state index contributed by atoms with van der Waals surface area (Å²) in [4.78, 5) is 7.35. The van der Waals surface area contributed by atoms with Crippen molar-refractivity contribution in [1.29, 1.82) is 0 Å². The molecule has 4 nitrogen and oxygen atoms in total. The number of halogens is 1. The molecule has 88 valence electrons. The van der Waals surface area contributed by atoms with Crippen molar-refractivity contribution in [2.45, 2.75) is 37.6 Å². The number of aliphatic hydroxyl groups excluding tert-OH is 1. The Labute approximate surface area is 93.9 Å². The van der Waals surface area contributed by atoms with Crippen LogP contribution in [0.5, 0.6) is 0 Å². The smallest absolute Gasteiger partial charge is 0.217 e. The van der Waals surface area contributed by atoms with Gasteiger partial charge in [0.1, 0.15) is 12.1 Å². The first-order chi connectivity index (χ1) is 7.74. The highest BCUT2D eigenvalue weighted by Crippen LogP contribution is 2.30. The van der Waals surface area contributed by atoms with Crippen molar-refractivity contribution >= 4 is 5.82 Å². The molecule has 0 atom stereocenters. The van der Waals surface area contributed by atoms with Crippen molar-refractivity contribution in [3.05, 3.63) is 18.3 Å². The second-order valence-electron chi connectivity index (χ2n) is 4.35. The van der Waals surface area contributed by atoms with E-state index in [-0.39, 0.29) is 12.1 Å². The molecule has 1 aliphatic rings. The van der Waals surface area contributed by atoms with E-state index in [2.05, 4.69) is 15.3 Å². The second-order valence-corrected chi connectivity index (χ2v) is 4.35. The molecule has 16 heavy (non-hydrogen) atoms. The van der Waals surface area contributed by atoms with E-state index < -0.39 is 5.95 Å². The molecule has 0 aromatic carbocycles. The van der Waals surface area contributed by atoms with E-state index in [0.717, 1.165) is 25.7 Å². The molecular weight excluding hydrogens is 209 g/mol. The maximum absolute atomic E-state index is 12.9. The van der Waals surface area contributed by atoms with Crippen molar-refractivity contribution in [3.8, 4) is 0 Å². The van der Waals surface area contributed by atoms with E-state index in [1.54, 1.807) is 0 Å². The molecule has 0 bridgehead atoms. The van der Waals surface area contributed by atoms with Crippen LogP contribution in [0.4, 0.5) is 10.2 Å². The van der Waals surface area contributed by atoms with Crippen LogP contribution < -0.4 is 5.32 Å². The summed E-state index contributed by atoms with van der Waals surface area (Å²) in [6.45, 7) is 0.0542. The van der Waals surface area contributed by atoms with Gasteiger partial charge in [0, 0.05) is 6.07 Å². The normalized spacial score (nSPS) is 19.4. The zero-order valence-electron chi connectivity index (χ0n) is 9.12. The Kier molecular flexibility index (Phi) is 3.33. The average Bonchev–Trinajstić information content (AvgIpc) is 2.30. The van der Waals surface area contributed by atoms with Gasteiger partial charge in [-0.1, -0.05) is 19.3 Å². The topological polar surface area (TPSA) is 58.0 Å². The minimum absolute atomic E-state index is 0.0542. The van der Waals surface area contributed by atoms with Crippen molar-refractivity contribution in [2.75, 3.05) is 11.9 Å². The minimum Gasteiger partial charge on any atom is -0.394 e. The largest absolute Gasteiger partial charge is 0.394 e. The fourth-order valence-electron chi connectivity index (χ4n) is 2.22. The van der Waals surface area contributed by atoms with Crippen LogP contribution in [0.15, 0.2) is 12.4 Å². The van der Waals surface area contributed by atoms with Gasteiger partial charge in [0.25, 0.3) is 0 Å². The van der Waals surface area contributed by atoms with E-state index in [9.17, 15) is 9.50 Å². The predicted molar refractivity (Wildman–Crippen MR) is 58.5 cm³/mol. The molecule has 2 rings (SSSR count). The molecule has 0 radical (unpaired) electrons. The third-order valence-electron chi connectivity index (χ3n) is 3.14. The van der Waals surface area contributed by atoms with Crippen LogP contribution in [0.1, 0.15) is 32.1 Å². The van der Waals surface area contributed by atoms with E-state index in [1.807, 2.05) is 0 Å². The third-order valence-corrected chi connectivity index (χ3v) is 3.14. The monoisotopic (exact) mass is 225 g/mol. The standard InChI is InChI=1S/C11H16FN3O/c12-9-6-10(14-8-13-9)15-11(7-16)4-2-1-3-5-11/h6,8,16H,1-5,7H2,(H,13,14,15). The number of rotatable bonds is 3. The van der Waals surface area contributed by atoms with Crippen LogP contribution in [0, 0.1) is 5.95 Å². The van der Waals surface area contributed by atoms with Crippen LogP contribution in [-0.4, -0.2) is 27.2 Å². The molecule has 0 saturated heterocycles. The molecule has 0 spiro atoms. The van der Waals surface area contributed by atoms with Gasteiger partial charge in [-0.2, -0.15) is 4.39 Å². The van der Waals surface area contributed by atoms with Gasteiger partial charge in [-0.15, -0.1) is 0 Å². The number of aromatic nitrogens is 2. The van der Waals surface area contributed by atoms with Crippen LogP contribution in [0.3, 0.4) is 0 Å². The SMILES string of the molecule is OCC1(Nc2cc(F)ncn2)CCCCC1. The van der Waals surface area contributed by atoms with Crippen molar-refractivity contribution < 1.29 is 9.50 Å². The summed E-state index contributed by atoms with van der Waals surface area (Å²) < 4.78 is 12.9. The van der Waals surface area contributed by atoms with Crippen LogP contribution in [0.25, 0.3) is 0 Å². The van der Waals surface area contributed by atoms with Gasteiger partial charge in [0.15, 0.2) is 0 Å². The van der Waals surface area contributed by atoms with Crippen LogP contribution in [0.2, 0.25) is 0 Å². The number of hydrogen-bond donors (Lipinski definition) is 2. The Morgan fingerprint density at radius 3 is 2.69 bits per heavy atom. The first kappa shape index (κ1) is 11.3. The quantitative estimate of drug-likeness (QED) is 0.769. The number of nitrogens with zero attached hydrogens (tertiary/aromatic N) is 2. The average molecular weight is 225 g/mol. The molecule has 1 aliphatic carbocycles. The lowest BCUT2D eigenvalue weighted by molar-refractivity contribution is 0.172. The summed E-state index contributed by atoms with van der Waals surface area (Å²) >= 11 is 0. The van der Waals surface area contributed by atoms with Crippen molar-refractivity contribution in [3.63, 3.8) is 0 Å². The molecule has 0 aliphatic heterocycles. The molecule has 2 N–H and O–H groups in total. The summed E-state index contributed by atoms with van der Waals surface area (Å²) in [5, 5.41) is 12.6. The Morgan fingerprint density at radius 1 is 1.31 bits per heavy atom. The molecule has 1 saturated carbocycles. The molecule has 0 unspecified atom stereocenters. The second kappa shape index (κ2) is 4.74. The molecule has 1 aromatic heterocycles. The highest BCUT2D eigenvalue weighted by atomic mass is 19.1. The zero-order chi connectivity index (χ0) is 11.4. The Hall–Kier alpha value is -1.23. The fourth-order valence-corrected chi connectivity index (χ4v) is 2.22. The van der Waals surface area contributed by atoms with E-state index >= 15 is 0 Å². The Morgan fingerprint density at radius 2 is 2.06 bits per heavy atom. The number of hydrogen-bond acceptors (Lipinski definition) is 4. The van der Waals surface area contributed by atoms with Gasteiger partial charge in [-0.3, -0.25) is 0 Å². The fraction of sp³-hybridized carbons (Fsp3) is 0.636. The molecule has 1 fully saturated rings. The summed E-state index contributed by atoms with van der Waals surface area (Å²) in [6, 6.07) is 1.26. The van der Waals surface area contributed by atoms with Crippen molar-refractivity contribution in [1.82, 2.24) is 9.97 Å². The van der Waals surface area contributed by atoms with Gasteiger partial charge in [0.2, 0.25) is 5.95 Å². The summed E-state index contributed by atoms with van der Waals surface area (Å²) in [6.07, 6.45) is 6.35. The van der Waals surface area contributed by atoms with Gasteiger partial charge >= 0.3 is 0 Å². The number of aliphatic hydroxyl groups is 1. The lowest BCUT2D eigenvalue weighted by atomic mass is 9.82. The lowest BCUT2D eigenvalue weighted by Gasteiger charge is -2.36. The molecule has 1 aromatic rings.